The van der Waals surface area contributed by atoms with Crippen LogP contribution in [0.15, 0.2) is 48.5 Å². The zero-order valence-corrected chi connectivity index (χ0v) is 18.9. The van der Waals surface area contributed by atoms with Crippen molar-refractivity contribution in [2.24, 2.45) is 0 Å². The van der Waals surface area contributed by atoms with Crippen molar-refractivity contribution in [3.8, 4) is 34.5 Å². The first-order valence-corrected chi connectivity index (χ1v) is 10.7. The van der Waals surface area contributed by atoms with Crippen molar-refractivity contribution in [2.75, 3.05) is 21.3 Å². The van der Waals surface area contributed by atoms with Crippen molar-refractivity contribution in [3.05, 3.63) is 70.8 Å². The van der Waals surface area contributed by atoms with Gasteiger partial charge in [0.25, 0.3) is 0 Å². The van der Waals surface area contributed by atoms with Crippen LogP contribution in [-0.4, -0.2) is 42.8 Å². The van der Waals surface area contributed by atoms with Gasteiger partial charge in [-0.25, -0.2) is 0 Å². The molecule has 0 saturated carbocycles. The Morgan fingerprint density at radius 1 is 0.909 bits per heavy atom. The maximum atomic E-state index is 11.0. The fraction of sp³-hybridized carbons (Fsp3) is 0.308. The third-order valence-corrected chi connectivity index (χ3v) is 5.95. The fourth-order valence-corrected chi connectivity index (χ4v) is 4.24. The second-order valence-corrected chi connectivity index (χ2v) is 8.02. The van der Waals surface area contributed by atoms with Gasteiger partial charge in [-0.05, 0) is 54.3 Å². The lowest BCUT2D eigenvalue weighted by molar-refractivity contribution is 0.0201. The number of phenolic OH excluding ortho intramolecular Hbond substituents is 2. The van der Waals surface area contributed by atoms with Gasteiger partial charge in [-0.3, -0.25) is 0 Å². The van der Waals surface area contributed by atoms with E-state index in [2.05, 4.69) is 0 Å². The normalized spacial score (nSPS) is 17.1. The molecule has 33 heavy (non-hydrogen) atoms. The molecular weight excluding hydrogens is 424 g/mol. The minimum atomic E-state index is -0.815. The number of phenols is 2. The molecule has 0 aromatic heterocycles. The van der Waals surface area contributed by atoms with Crippen LogP contribution in [0.4, 0.5) is 0 Å². The molecule has 0 fully saturated rings. The van der Waals surface area contributed by atoms with Crippen molar-refractivity contribution in [1.82, 2.24) is 0 Å². The zero-order chi connectivity index (χ0) is 23.5. The van der Waals surface area contributed by atoms with E-state index >= 15 is 0 Å². The number of aryl methyl sites for hydroxylation is 2. The maximum absolute atomic E-state index is 11.0. The Kier molecular flexibility index (Phi) is 6.51. The minimum absolute atomic E-state index is 0.106. The molecule has 3 aromatic carbocycles. The van der Waals surface area contributed by atoms with E-state index in [4.69, 9.17) is 18.9 Å². The molecule has 0 saturated heterocycles. The molecule has 0 spiro atoms. The Labute approximate surface area is 192 Å². The molecule has 1 aliphatic heterocycles. The fourth-order valence-electron chi connectivity index (χ4n) is 4.24. The number of rotatable bonds is 7. The number of aliphatic hydroxyl groups excluding tert-OH is 1. The van der Waals surface area contributed by atoms with Gasteiger partial charge >= 0.3 is 0 Å². The van der Waals surface area contributed by atoms with E-state index in [-0.39, 0.29) is 23.0 Å². The predicted molar refractivity (Wildman–Crippen MR) is 123 cm³/mol. The summed E-state index contributed by atoms with van der Waals surface area (Å²) in [5, 5.41) is 31.0. The summed E-state index contributed by atoms with van der Waals surface area (Å²) < 4.78 is 22.3. The first-order chi connectivity index (χ1) is 15.9. The summed E-state index contributed by atoms with van der Waals surface area (Å²) in [5.74, 6) is 1.91. The van der Waals surface area contributed by atoms with Crippen LogP contribution in [0, 0.1) is 0 Å². The van der Waals surface area contributed by atoms with Crippen LogP contribution in [-0.2, 0) is 19.3 Å². The number of methoxy groups -OCH3 is 3. The highest BCUT2D eigenvalue weighted by molar-refractivity contribution is 5.55. The van der Waals surface area contributed by atoms with Crippen LogP contribution >= 0.6 is 0 Å². The van der Waals surface area contributed by atoms with Gasteiger partial charge < -0.3 is 34.3 Å². The quantitative estimate of drug-likeness (QED) is 0.499. The van der Waals surface area contributed by atoms with E-state index in [9.17, 15) is 15.3 Å². The summed E-state index contributed by atoms with van der Waals surface area (Å²) in [4.78, 5) is 0. The van der Waals surface area contributed by atoms with Crippen molar-refractivity contribution < 1.29 is 34.3 Å². The van der Waals surface area contributed by atoms with Crippen molar-refractivity contribution in [2.45, 2.75) is 31.5 Å². The summed E-state index contributed by atoms with van der Waals surface area (Å²) in [6, 6.07) is 14.3. The molecule has 4 rings (SSSR count). The molecule has 1 aliphatic rings. The summed E-state index contributed by atoms with van der Waals surface area (Å²) in [7, 11) is 4.51. The number of aliphatic hydroxyl groups is 1. The van der Waals surface area contributed by atoms with E-state index in [1.165, 1.54) is 14.2 Å². The van der Waals surface area contributed by atoms with Crippen LogP contribution in [0.2, 0.25) is 0 Å². The molecule has 1 heterocycles. The highest BCUT2D eigenvalue weighted by Gasteiger charge is 2.33. The number of aromatic hydroxyl groups is 2. The van der Waals surface area contributed by atoms with Gasteiger partial charge in [0.2, 0.25) is 5.75 Å². The van der Waals surface area contributed by atoms with Gasteiger partial charge in [0, 0.05) is 23.6 Å². The molecule has 2 unspecified atom stereocenters. The lowest BCUT2D eigenvalue weighted by Gasteiger charge is -2.33. The van der Waals surface area contributed by atoms with Crippen LogP contribution in [0.3, 0.4) is 0 Å². The minimum Gasteiger partial charge on any atom is -0.508 e. The van der Waals surface area contributed by atoms with E-state index < -0.39 is 12.2 Å². The zero-order valence-electron chi connectivity index (χ0n) is 18.9. The number of fused-ring (bicyclic) bond motifs is 1. The summed E-state index contributed by atoms with van der Waals surface area (Å²) in [6.07, 6.45) is 0.325. The molecule has 0 aliphatic carbocycles. The number of hydrogen-bond donors (Lipinski definition) is 3. The smallest absolute Gasteiger partial charge is 0.200 e. The Bertz CT molecular complexity index is 1120. The highest BCUT2D eigenvalue weighted by atomic mass is 16.5. The topological polar surface area (TPSA) is 97.6 Å². The van der Waals surface area contributed by atoms with E-state index in [0.717, 1.165) is 23.1 Å². The van der Waals surface area contributed by atoms with Crippen molar-refractivity contribution in [1.29, 1.82) is 0 Å². The van der Waals surface area contributed by atoms with Crippen LogP contribution < -0.4 is 18.9 Å². The van der Waals surface area contributed by atoms with Gasteiger partial charge in [-0.1, -0.05) is 12.1 Å². The van der Waals surface area contributed by atoms with Crippen LogP contribution in [0.1, 0.15) is 28.4 Å². The predicted octanol–water partition coefficient (Wildman–Crippen LogP) is 3.95. The summed E-state index contributed by atoms with van der Waals surface area (Å²) in [6.45, 7) is 0. The Hall–Kier alpha value is -3.58. The summed E-state index contributed by atoms with van der Waals surface area (Å²) in [5.41, 5.74) is 3.59. The second kappa shape index (κ2) is 9.50. The number of benzene rings is 3. The largest absolute Gasteiger partial charge is 0.508 e. The maximum Gasteiger partial charge on any atom is 0.200 e. The molecule has 174 valence electrons. The molecule has 0 radical (unpaired) electrons. The monoisotopic (exact) mass is 452 g/mol. The molecule has 0 amide bonds. The Balaban J connectivity index is 1.66. The van der Waals surface area contributed by atoms with E-state index in [0.29, 0.717) is 29.9 Å². The lowest BCUT2D eigenvalue weighted by atomic mass is 9.89. The second-order valence-electron chi connectivity index (χ2n) is 8.02. The van der Waals surface area contributed by atoms with Crippen molar-refractivity contribution in [3.63, 3.8) is 0 Å². The Morgan fingerprint density at radius 3 is 2.27 bits per heavy atom. The molecule has 2 atom stereocenters. The SMILES string of the molecule is COc1cc(CCc2cccc(O)c2)c2c(c1)OC(c1cc(OC)c(O)c(OC)c1)C(O)C2. The third kappa shape index (κ3) is 4.64. The van der Waals surface area contributed by atoms with Crippen molar-refractivity contribution >= 4 is 0 Å². The highest BCUT2D eigenvalue weighted by Crippen LogP contribution is 2.44. The molecule has 7 heteroatoms. The van der Waals surface area contributed by atoms with Gasteiger partial charge in [0.05, 0.1) is 27.4 Å². The summed E-state index contributed by atoms with van der Waals surface area (Å²) >= 11 is 0. The first-order valence-electron chi connectivity index (χ1n) is 10.7. The lowest BCUT2D eigenvalue weighted by Crippen LogP contribution is -2.31. The molecule has 3 N–H and O–H groups in total. The Morgan fingerprint density at radius 2 is 1.64 bits per heavy atom. The van der Waals surface area contributed by atoms with Gasteiger partial charge in [0.15, 0.2) is 17.6 Å². The van der Waals surface area contributed by atoms with Gasteiger partial charge in [0.1, 0.15) is 17.2 Å². The molecular formula is C26H28O7. The van der Waals surface area contributed by atoms with Gasteiger partial charge in [-0.15, -0.1) is 0 Å². The van der Waals surface area contributed by atoms with Gasteiger partial charge in [-0.2, -0.15) is 0 Å². The number of hydrogen-bond acceptors (Lipinski definition) is 7. The third-order valence-electron chi connectivity index (χ3n) is 5.95. The average Bonchev–Trinajstić information content (AvgIpc) is 2.82. The van der Waals surface area contributed by atoms with E-state index in [1.54, 1.807) is 31.4 Å². The van der Waals surface area contributed by atoms with Crippen LogP contribution in [0.5, 0.6) is 34.5 Å². The number of ether oxygens (including phenoxy) is 4. The molecule has 0 bridgehead atoms. The van der Waals surface area contributed by atoms with Crippen LogP contribution in [0.25, 0.3) is 0 Å². The molecule has 7 nitrogen and oxygen atoms in total. The first kappa shape index (κ1) is 22.6. The molecule has 3 aromatic rings. The average molecular weight is 453 g/mol. The standard InChI is InChI=1S/C26H28O7/c1-30-19-10-16(8-7-15-5-4-6-18(27)9-15)20-14-21(28)26(33-22(20)13-19)17-11-23(31-2)25(29)24(12-17)32-3/h4-6,9-13,21,26-29H,7-8,14H2,1-3H3. The van der Waals surface area contributed by atoms with E-state index in [1.807, 2.05) is 24.3 Å².